The second-order valence-corrected chi connectivity index (χ2v) is 5.22. The van der Waals surface area contributed by atoms with Crippen LogP contribution in [0, 0.1) is 10.1 Å². The van der Waals surface area contributed by atoms with E-state index in [4.69, 9.17) is 9.15 Å². The van der Waals surface area contributed by atoms with Crippen LogP contribution < -0.4 is 0 Å². The topological polar surface area (TPSA) is 99.7 Å². The first-order chi connectivity index (χ1) is 11.0. The summed E-state index contributed by atoms with van der Waals surface area (Å²) in [6, 6.07) is 9.21. The lowest BCUT2D eigenvalue weighted by Gasteiger charge is -2.02. The molecule has 2 aromatic rings. The fraction of sp³-hybridized carbons (Fsp3) is 0.0667. The Balaban J connectivity index is 1.88. The summed E-state index contributed by atoms with van der Waals surface area (Å²) < 4.78 is 10.4. The maximum Gasteiger partial charge on any atom is 0.433 e. The monoisotopic (exact) mass is 379 g/mol. The summed E-state index contributed by atoms with van der Waals surface area (Å²) in [7, 11) is 0. The number of nitrogens with zero attached hydrogens (tertiary/aromatic N) is 1. The van der Waals surface area contributed by atoms with Crippen molar-refractivity contribution in [2.75, 3.05) is 6.61 Å². The molecule has 0 aliphatic heterocycles. The molecule has 23 heavy (non-hydrogen) atoms. The number of Topliss-reactive ketones (excluding diaryl/α,β-unsaturated/α-hetero) is 1. The number of furan rings is 1. The molecular weight excluding hydrogens is 370 g/mol. The molecule has 1 heterocycles. The summed E-state index contributed by atoms with van der Waals surface area (Å²) in [6.45, 7) is -0.405. The van der Waals surface area contributed by atoms with Gasteiger partial charge in [-0.3, -0.25) is 14.9 Å². The van der Waals surface area contributed by atoms with Gasteiger partial charge in [0.25, 0.3) is 0 Å². The van der Waals surface area contributed by atoms with Gasteiger partial charge in [0.2, 0.25) is 0 Å². The lowest BCUT2D eigenvalue weighted by molar-refractivity contribution is -0.402. The molecule has 0 atom stereocenters. The van der Waals surface area contributed by atoms with Gasteiger partial charge in [0, 0.05) is 16.1 Å². The van der Waals surface area contributed by atoms with Gasteiger partial charge in [0.1, 0.15) is 10.7 Å². The van der Waals surface area contributed by atoms with Gasteiger partial charge in [-0.1, -0.05) is 28.1 Å². The minimum absolute atomic E-state index is 0.131. The first-order valence-electron chi connectivity index (χ1n) is 6.33. The number of carbonyl (C=O) groups is 2. The molecule has 1 aromatic carbocycles. The highest BCUT2D eigenvalue weighted by atomic mass is 79.9. The highest BCUT2D eigenvalue weighted by Gasteiger charge is 2.11. The van der Waals surface area contributed by atoms with Crippen molar-refractivity contribution >= 4 is 39.6 Å². The fourth-order valence-electron chi connectivity index (χ4n) is 1.61. The highest BCUT2D eigenvalue weighted by Crippen LogP contribution is 2.16. The Morgan fingerprint density at radius 1 is 1.30 bits per heavy atom. The van der Waals surface area contributed by atoms with Crippen LogP contribution in [0.25, 0.3) is 6.08 Å². The van der Waals surface area contributed by atoms with Crippen LogP contribution in [-0.2, 0) is 9.53 Å². The van der Waals surface area contributed by atoms with E-state index in [-0.39, 0.29) is 11.5 Å². The zero-order chi connectivity index (χ0) is 16.8. The Labute approximate surface area is 138 Å². The molecule has 118 valence electrons. The van der Waals surface area contributed by atoms with Crippen molar-refractivity contribution in [2.24, 2.45) is 0 Å². The van der Waals surface area contributed by atoms with Gasteiger partial charge in [-0.15, -0.1) is 0 Å². The number of benzene rings is 1. The van der Waals surface area contributed by atoms with Crippen molar-refractivity contribution in [1.82, 2.24) is 0 Å². The molecule has 0 saturated heterocycles. The first-order valence-corrected chi connectivity index (χ1v) is 7.13. The maximum absolute atomic E-state index is 11.8. The predicted octanol–water partition coefficient (Wildman–Crippen LogP) is 3.39. The molecule has 1 aromatic heterocycles. The summed E-state index contributed by atoms with van der Waals surface area (Å²) in [4.78, 5) is 33.1. The number of ketones is 1. The van der Waals surface area contributed by atoms with Gasteiger partial charge in [-0.2, -0.15) is 0 Å². The van der Waals surface area contributed by atoms with Crippen molar-refractivity contribution in [2.45, 2.75) is 0 Å². The van der Waals surface area contributed by atoms with Crippen LogP contribution >= 0.6 is 15.9 Å². The van der Waals surface area contributed by atoms with Gasteiger partial charge in [-0.05, 0) is 24.3 Å². The summed E-state index contributed by atoms with van der Waals surface area (Å²) in [5.41, 5.74) is 0.415. The number of halogens is 1. The smallest absolute Gasteiger partial charge is 0.433 e. The third kappa shape index (κ3) is 4.89. The van der Waals surface area contributed by atoms with E-state index in [1.54, 1.807) is 24.3 Å². The van der Waals surface area contributed by atoms with Crippen LogP contribution in [0.1, 0.15) is 16.1 Å². The largest absolute Gasteiger partial charge is 0.454 e. The Hall–Kier alpha value is -2.74. The second kappa shape index (κ2) is 7.50. The van der Waals surface area contributed by atoms with Crippen LogP contribution in [-0.4, -0.2) is 23.3 Å². The molecule has 0 spiro atoms. The number of nitro groups is 1. The number of esters is 1. The van der Waals surface area contributed by atoms with Gasteiger partial charge in [0.15, 0.2) is 12.4 Å². The minimum Gasteiger partial charge on any atom is -0.454 e. The molecule has 0 N–H and O–H groups in total. The van der Waals surface area contributed by atoms with Gasteiger partial charge in [-0.25, -0.2) is 4.79 Å². The summed E-state index contributed by atoms with van der Waals surface area (Å²) in [5, 5.41) is 10.4. The Bertz CT molecular complexity index is 780. The zero-order valence-corrected chi connectivity index (χ0v) is 13.2. The molecule has 0 aliphatic carbocycles. The molecular formula is C15H10BrNO6. The van der Waals surface area contributed by atoms with E-state index in [1.807, 2.05) is 0 Å². The quantitative estimate of drug-likeness (QED) is 0.250. The van der Waals surface area contributed by atoms with Crippen LogP contribution in [0.2, 0.25) is 0 Å². The number of rotatable bonds is 6. The third-order valence-electron chi connectivity index (χ3n) is 2.67. The average Bonchev–Trinajstić information content (AvgIpc) is 3.00. The molecule has 0 bridgehead atoms. The van der Waals surface area contributed by atoms with E-state index in [2.05, 4.69) is 15.9 Å². The Kier molecular flexibility index (Phi) is 5.42. The fourth-order valence-corrected chi connectivity index (χ4v) is 2.01. The third-order valence-corrected chi connectivity index (χ3v) is 3.16. The SMILES string of the molecule is O=C(/C=C/c1ccc([N+](=O)[O-])o1)OCC(=O)c1cccc(Br)c1. The Morgan fingerprint density at radius 2 is 2.09 bits per heavy atom. The maximum atomic E-state index is 11.8. The Morgan fingerprint density at radius 3 is 2.74 bits per heavy atom. The molecule has 0 unspecified atom stereocenters. The van der Waals surface area contributed by atoms with Crippen LogP contribution in [0.4, 0.5) is 5.88 Å². The van der Waals surface area contributed by atoms with Crippen molar-refractivity contribution < 1.29 is 23.7 Å². The molecule has 0 aliphatic rings. The number of hydrogen-bond donors (Lipinski definition) is 0. The van der Waals surface area contributed by atoms with Crippen LogP contribution in [0.15, 0.2) is 51.4 Å². The number of hydrogen-bond acceptors (Lipinski definition) is 6. The lowest BCUT2D eigenvalue weighted by Crippen LogP contribution is -2.12. The van der Waals surface area contributed by atoms with Crippen LogP contribution in [0.5, 0.6) is 0 Å². The van der Waals surface area contributed by atoms with E-state index in [0.29, 0.717) is 5.56 Å². The van der Waals surface area contributed by atoms with Crippen molar-refractivity contribution in [3.05, 3.63) is 68.4 Å². The van der Waals surface area contributed by atoms with Crippen LogP contribution in [0.3, 0.4) is 0 Å². The zero-order valence-electron chi connectivity index (χ0n) is 11.6. The van der Waals surface area contributed by atoms with E-state index in [1.165, 1.54) is 18.2 Å². The highest BCUT2D eigenvalue weighted by molar-refractivity contribution is 9.10. The van der Waals surface area contributed by atoms with Crippen molar-refractivity contribution in [3.8, 4) is 0 Å². The lowest BCUT2D eigenvalue weighted by atomic mass is 10.1. The molecule has 7 nitrogen and oxygen atoms in total. The molecule has 0 fully saturated rings. The van der Waals surface area contributed by atoms with Crippen molar-refractivity contribution in [1.29, 1.82) is 0 Å². The van der Waals surface area contributed by atoms with E-state index in [9.17, 15) is 19.7 Å². The molecule has 8 heteroatoms. The summed E-state index contributed by atoms with van der Waals surface area (Å²) in [5.74, 6) is -1.40. The minimum atomic E-state index is -0.757. The van der Waals surface area contributed by atoms with Gasteiger partial charge < -0.3 is 9.15 Å². The van der Waals surface area contributed by atoms with E-state index >= 15 is 0 Å². The van der Waals surface area contributed by atoms with Gasteiger partial charge >= 0.3 is 11.9 Å². The number of ether oxygens (including phenoxy) is 1. The summed E-state index contributed by atoms with van der Waals surface area (Å²) in [6.07, 6.45) is 2.25. The van der Waals surface area contributed by atoms with E-state index in [0.717, 1.165) is 10.5 Å². The predicted molar refractivity (Wildman–Crippen MR) is 83.8 cm³/mol. The molecule has 0 saturated carbocycles. The molecule has 0 radical (unpaired) electrons. The van der Waals surface area contributed by atoms with Crippen molar-refractivity contribution in [3.63, 3.8) is 0 Å². The van der Waals surface area contributed by atoms with E-state index < -0.39 is 23.4 Å². The average molecular weight is 380 g/mol. The summed E-state index contributed by atoms with van der Waals surface area (Å²) >= 11 is 3.24. The van der Waals surface area contributed by atoms with Gasteiger partial charge in [0.05, 0.1) is 6.07 Å². The normalized spacial score (nSPS) is 10.7. The number of carbonyl (C=O) groups excluding carboxylic acids is 2. The standard InChI is InChI=1S/C15H10BrNO6/c16-11-3-1-2-10(8-11)13(18)9-22-15(19)7-5-12-4-6-14(23-12)17(20)21/h1-8H,9H2/b7-5+. The first kappa shape index (κ1) is 16.6. The second-order valence-electron chi connectivity index (χ2n) is 4.31. The molecule has 0 amide bonds. The molecule has 2 rings (SSSR count).